The lowest BCUT2D eigenvalue weighted by molar-refractivity contribution is -0.129. The smallest absolute Gasteiger partial charge is 0.233 e. The summed E-state index contributed by atoms with van der Waals surface area (Å²) < 4.78 is 0. The van der Waals surface area contributed by atoms with Gasteiger partial charge in [-0.1, -0.05) is 17.8 Å². The lowest BCUT2D eigenvalue weighted by atomic mass is 10.1. The molecule has 25 heavy (non-hydrogen) atoms. The molecule has 3 heterocycles. The number of hydrogen-bond donors (Lipinski definition) is 0. The van der Waals surface area contributed by atoms with Crippen LogP contribution in [0.4, 0.5) is 0 Å². The predicted molar refractivity (Wildman–Crippen MR) is 102 cm³/mol. The zero-order valence-corrected chi connectivity index (χ0v) is 16.0. The zero-order valence-electron chi connectivity index (χ0n) is 14.4. The van der Waals surface area contributed by atoms with Crippen molar-refractivity contribution in [3.8, 4) is 16.5 Å². The molecule has 1 aliphatic rings. The Hall–Kier alpha value is -1.88. The van der Waals surface area contributed by atoms with E-state index in [1.54, 1.807) is 11.3 Å². The third kappa shape index (κ3) is 4.21. The zero-order chi connectivity index (χ0) is 17.8. The Morgan fingerprint density at radius 3 is 2.80 bits per heavy atom. The van der Waals surface area contributed by atoms with Crippen LogP contribution in [0.5, 0.6) is 0 Å². The van der Waals surface area contributed by atoms with Crippen LogP contribution in [0.15, 0.2) is 28.6 Å². The molecule has 2 aromatic rings. The molecule has 3 rings (SSSR count). The number of thiophene rings is 1. The normalized spacial score (nSPS) is 15.2. The third-order valence-electron chi connectivity index (χ3n) is 4.20. The topological polar surface area (TPSA) is 60.2 Å². The van der Waals surface area contributed by atoms with Crippen molar-refractivity contribution < 1.29 is 4.79 Å². The lowest BCUT2D eigenvalue weighted by Crippen LogP contribution is -2.47. The van der Waals surface area contributed by atoms with Gasteiger partial charge >= 0.3 is 0 Å². The Bertz CT molecular complexity index is 790. The van der Waals surface area contributed by atoms with Crippen LogP contribution in [-0.4, -0.2) is 59.7 Å². The van der Waals surface area contributed by atoms with Crippen LogP contribution in [0.2, 0.25) is 0 Å². The van der Waals surface area contributed by atoms with Crippen molar-refractivity contribution >= 4 is 29.0 Å². The van der Waals surface area contributed by atoms with Crippen molar-refractivity contribution in [1.82, 2.24) is 14.8 Å². The Morgan fingerprint density at radius 2 is 2.16 bits per heavy atom. The number of nitrogens with zero attached hydrogens (tertiary/aromatic N) is 4. The first-order valence-corrected chi connectivity index (χ1v) is 9.99. The molecule has 0 bridgehead atoms. The van der Waals surface area contributed by atoms with Gasteiger partial charge in [0.1, 0.15) is 11.1 Å². The SMILES string of the molecule is Cc1cc(-c2cccs2)c(C#N)c(SCC(=O)N2CCN(C)CC2)n1. The van der Waals surface area contributed by atoms with Crippen molar-refractivity contribution in [2.45, 2.75) is 11.9 Å². The van der Waals surface area contributed by atoms with Gasteiger partial charge in [-0.15, -0.1) is 11.3 Å². The van der Waals surface area contributed by atoms with Gasteiger partial charge in [-0.25, -0.2) is 4.98 Å². The highest BCUT2D eigenvalue weighted by Gasteiger charge is 2.21. The lowest BCUT2D eigenvalue weighted by Gasteiger charge is -2.32. The average molecular weight is 373 g/mol. The highest BCUT2D eigenvalue weighted by atomic mass is 32.2. The molecule has 1 aliphatic heterocycles. The maximum Gasteiger partial charge on any atom is 0.233 e. The van der Waals surface area contributed by atoms with E-state index in [0.29, 0.717) is 16.3 Å². The fourth-order valence-corrected chi connectivity index (χ4v) is 4.46. The van der Waals surface area contributed by atoms with Crippen molar-refractivity contribution in [2.24, 2.45) is 0 Å². The molecule has 2 aromatic heterocycles. The van der Waals surface area contributed by atoms with Crippen molar-refractivity contribution in [2.75, 3.05) is 39.0 Å². The predicted octanol–water partition coefficient (Wildman–Crippen LogP) is 2.86. The largest absolute Gasteiger partial charge is 0.339 e. The minimum absolute atomic E-state index is 0.114. The van der Waals surface area contributed by atoms with Gasteiger partial charge in [-0.2, -0.15) is 5.26 Å². The molecule has 5 nitrogen and oxygen atoms in total. The standard InChI is InChI=1S/C18H20N4OS2/c1-13-10-14(16-4-3-9-24-16)15(11-19)18(20-13)25-12-17(23)22-7-5-21(2)6-8-22/h3-4,9-10H,5-8,12H2,1-2H3. The van der Waals surface area contributed by atoms with Crippen molar-refractivity contribution in [3.05, 3.63) is 34.8 Å². The fraction of sp³-hybridized carbons (Fsp3) is 0.389. The maximum atomic E-state index is 12.5. The summed E-state index contributed by atoms with van der Waals surface area (Å²) in [6, 6.07) is 8.20. The van der Waals surface area contributed by atoms with E-state index in [1.807, 2.05) is 35.4 Å². The first kappa shape index (κ1) is 17.9. The Labute approximate surface area is 156 Å². The number of hydrogen-bond acceptors (Lipinski definition) is 6. The summed E-state index contributed by atoms with van der Waals surface area (Å²) >= 11 is 2.97. The first-order chi connectivity index (χ1) is 12.1. The van der Waals surface area contributed by atoms with Crippen molar-refractivity contribution in [3.63, 3.8) is 0 Å². The summed E-state index contributed by atoms with van der Waals surface area (Å²) in [6.07, 6.45) is 0. The van der Waals surface area contributed by atoms with Gasteiger partial charge in [0.25, 0.3) is 0 Å². The monoisotopic (exact) mass is 372 g/mol. The quantitative estimate of drug-likeness (QED) is 0.773. The molecule has 0 radical (unpaired) electrons. The molecular weight excluding hydrogens is 352 g/mol. The van der Waals surface area contributed by atoms with Crippen LogP contribution in [0.3, 0.4) is 0 Å². The summed E-state index contributed by atoms with van der Waals surface area (Å²) in [7, 11) is 2.07. The first-order valence-electron chi connectivity index (χ1n) is 8.13. The molecule has 0 unspecified atom stereocenters. The van der Waals surface area contributed by atoms with E-state index < -0.39 is 0 Å². The molecule has 130 valence electrons. The highest BCUT2D eigenvalue weighted by molar-refractivity contribution is 8.00. The maximum absolute atomic E-state index is 12.5. The van der Waals surface area contributed by atoms with Crippen LogP contribution in [0.1, 0.15) is 11.3 Å². The van der Waals surface area contributed by atoms with Gasteiger partial charge in [0.05, 0.1) is 11.3 Å². The molecule has 1 amide bonds. The number of rotatable bonds is 4. The number of thioether (sulfide) groups is 1. The molecule has 7 heteroatoms. The average Bonchev–Trinajstić information content (AvgIpc) is 3.14. The Morgan fingerprint density at radius 1 is 1.40 bits per heavy atom. The molecule has 1 fully saturated rings. The number of piperazine rings is 1. The van der Waals surface area contributed by atoms with E-state index in [9.17, 15) is 10.1 Å². The van der Waals surface area contributed by atoms with Crippen LogP contribution >= 0.6 is 23.1 Å². The van der Waals surface area contributed by atoms with Gasteiger partial charge in [0.2, 0.25) is 5.91 Å². The van der Waals surface area contributed by atoms with Crippen LogP contribution in [0, 0.1) is 18.3 Å². The Balaban J connectivity index is 1.76. The number of carbonyl (C=O) groups is 1. The van der Waals surface area contributed by atoms with Gasteiger partial charge in [-0.05, 0) is 31.5 Å². The summed E-state index contributed by atoms with van der Waals surface area (Å²) in [5.41, 5.74) is 2.32. The second-order valence-electron chi connectivity index (χ2n) is 6.05. The van der Waals surface area contributed by atoms with E-state index in [0.717, 1.165) is 42.3 Å². The van der Waals surface area contributed by atoms with Gasteiger partial charge < -0.3 is 9.80 Å². The summed E-state index contributed by atoms with van der Waals surface area (Å²) in [4.78, 5) is 22.1. The van der Waals surface area contributed by atoms with E-state index in [2.05, 4.69) is 23.0 Å². The molecule has 0 aromatic carbocycles. The van der Waals surface area contributed by atoms with Gasteiger partial charge in [0.15, 0.2) is 0 Å². The van der Waals surface area contributed by atoms with Crippen molar-refractivity contribution in [1.29, 1.82) is 5.26 Å². The molecule has 0 spiro atoms. The molecule has 0 atom stereocenters. The van der Waals surface area contributed by atoms with E-state index in [-0.39, 0.29) is 5.91 Å². The molecule has 0 aliphatic carbocycles. The number of amides is 1. The minimum Gasteiger partial charge on any atom is -0.339 e. The second kappa shape index (κ2) is 8.00. The molecule has 0 N–H and O–H groups in total. The second-order valence-corrected chi connectivity index (χ2v) is 7.96. The van der Waals surface area contributed by atoms with Crippen LogP contribution in [0.25, 0.3) is 10.4 Å². The highest BCUT2D eigenvalue weighted by Crippen LogP contribution is 2.33. The van der Waals surface area contributed by atoms with E-state index >= 15 is 0 Å². The number of carbonyl (C=O) groups excluding carboxylic acids is 1. The number of likely N-dealkylation sites (N-methyl/N-ethyl adjacent to an activating group) is 1. The summed E-state index contributed by atoms with van der Waals surface area (Å²) in [5, 5.41) is 12.3. The summed E-state index contributed by atoms with van der Waals surface area (Å²) in [5.74, 6) is 0.432. The number of aromatic nitrogens is 1. The minimum atomic E-state index is 0.114. The summed E-state index contributed by atoms with van der Waals surface area (Å²) in [6.45, 7) is 5.27. The molecule has 0 saturated carbocycles. The molecular formula is C18H20N4OS2. The third-order valence-corrected chi connectivity index (χ3v) is 6.06. The van der Waals surface area contributed by atoms with E-state index in [4.69, 9.17) is 0 Å². The van der Waals surface area contributed by atoms with Gasteiger partial charge in [0, 0.05) is 42.3 Å². The van der Waals surface area contributed by atoms with Gasteiger partial charge in [-0.3, -0.25) is 4.79 Å². The fourth-order valence-electron chi connectivity index (χ4n) is 2.76. The van der Waals surface area contributed by atoms with Crippen LogP contribution in [-0.2, 0) is 4.79 Å². The number of aryl methyl sites for hydroxylation is 1. The van der Waals surface area contributed by atoms with Crippen LogP contribution < -0.4 is 0 Å². The van der Waals surface area contributed by atoms with E-state index in [1.165, 1.54) is 11.8 Å². The number of nitriles is 1. The Kier molecular flexibility index (Phi) is 5.74. The number of pyridine rings is 1. The molecule has 1 saturated heterocycles.